The fourth-order valence-corrected chi connectivity index (χ4v) is 6.36. The summed E-state index contributed by atoms with van der Waals surface area (Å²) in [4.78, 5) is 47.9. The van der Waals surface area contributed by atoms with Crippen LogP contribution in [-0.2, 0) is 17.6 Å². The lowest BCUT2D eigenvalue weighted by atomic mass is 9.89. The molecule has 1 unspecified atom stereocenters. The molecular formula is C35H29FN4O4. The van der Waals surface area contributed by atoms with E-state index in [1.165, 1.54) is 12.1 Å². The molecule has 44 heavy (non-hydrogen) atoms. The number of urea groups is 1. The largest absolute Gasteiger partial charge is 0.497 e. The van der Waals surface area contributed by atoms with Crippen molar-refractivity contribution < 1.29 is 23.5 Å². The number of amides is 4. The molecule has 9 heteroatoms. The molecule has 2 aliphatic heterocycles. The van der Waals surface area contributed by atoms with E-state index in [1.54, 1.807) is 48.4 Å². The number of carbonyl (C=O) groups excluding carboxylic acids is 3. The third-order valence-electron chi connectivity index (χ3n) is 8.48. The summed E-state index contributed by atoms with van der Waals surface area (Å²) in [6, 6.07) is 26.1. The van der Waals surface area contributed by atoms with Crippen molar-refractivity contribution in [1.82, 2.24) is 15.2 Å². The molecule has 5 aromatic rings. The number of anilines is 1. The minimum atomic E-state index is -0.796. The monoisotopic (exact) mass is 588 g/mol. The quantitative estimate of drug-likeness (QED) is 0.236. The Balaban J connectivity index is 1.21. The Morgan fingerprint density at radius 1 is 0.955 bits per heavy atom. The summed E-state index contributed by atoms with van der Waals surface area (Å²) >= 11 is 0. The zero-order valence-corrected chi connectivity index (χ0v) is 23.9. The number of benzene rings is 4. The van der Waals surface area contributed by atoms with Crippen LogP contribution in [0.5, 0.6) is 5.75 Å². The number of H-pyrrole nitrogens is 1. The summed E-state index contributed by atoms with van der Waals surface area (Å²) in [5, 5.41) is 3.91. The van der Waals surface area contributed by atoms with Crippen molar-refractivity contribution in [3.05, 3.63) is 131 Å². The maximum atomic E-state index is 14.3. The van der Waals surface area contributed by atoms with E-state index in [2.05, 4.69) is 10.3 Å². The molecule has 2 atom stereocenters. The first kappa shape index (κ1) is 27.4. The molecule has 0 aliphatic carbocycles. The van der Waals surface area contributed by atoms with Crippen molar-refractivity contribution in [2.45, 2.75) is 24.9 Å². The topological polar surface area (TPSA) is 94.7 Å². The van der Waals surface area contributed by atoms with Crippen molar-refractivity contribution in [2.24, 2.45) is 0 Å². The van der Waals surface area contributed by atoms with Gasteiger partial charge in [0.1, 0.15) is 23.7 Å². The molecule has 1 aromatic heterocycles. The van der Waals surface area contributed by atoms with Gasteiger partial charge in [-0.1, -0.05) is 54.6 Å². The smallest absolute Gasteiger partial charge is 0.332 e. The maximum Gasteiger partial charge on any atom is 0.332 e. The highest BCUT2D eigenvalue weighted by Gasteiger charge is 2.53. The van der Waals surface area contributed by atoms with Gasteiger partial charge in [0.05, 0.1) is 18.4 Å². The number of aromatic amines is 1. The fourth-order valence-electron chi connectivity index (χ4n) is 6.36. The number of ether oxygens (including phenoxy) is 1. The van der Waals surface area contributed by atoms with Gasteiger partial charge in [-0.05, 0) is 65.6 Å². The minimum Gasteiger partial charge on any atom is -0.497 e. The molecule has 2 N–H and O–H groups in total. The highest BCUT2D eigenvalue weighted by atomic mass is 19.1. The SMILES string of the molecule is COc1ccc(CCNC(=O)c2ccccc2N2C(=O)[C@@H]3Cc4c([nH]c5ccccc45)C(c4ccc(F)cc4)N3C2=O)cc1. The van der Waals surface area contributed by atoms with Crippen molar-refractivity contribution in [2.75, 3.05) is 18.6 Å². The summed E-state index contributed by atoms with van der Waals surface area (Å²) in [6.45, 7) is 0.366. The highest BCUT2D eigenvalue weighted by molar-refractivity contribution is 6.24. The van der Waals surface area contributed by atoms with E-state index >= 15 is 0 Å². The number of nitrogens with zero attached hydrogens (tertiary/aromatic N) is 2. The second-order valence-electron chi connectivity index (χ2n) is 11.0. The van der Waals surface area contributed by atoms with Crippen LogP contribution in [0.15, 0.2) is 97.1 Å². The van der Waals surface area contributed by atoms with Crippen LogP contribution in [0.1, 0.15) is 38.8 Å². The molecule has 3 heterocycles. The summed E-state index contributed by atoms with van der Waals surface area (Å²) in [7, 11) is 1.61. The van der Waals surface area contributed by atoms with Crippen LogP contribution >= 0.6 is 0 Å². The molecule has 0 bridgehead atoms. The molecule has 1 fully saturated rings. The lowest BCUT2D eigenvalue weighted by Crippen LogP contribution is -2.44. The molecule has 4 amide bonds. The van der Waals surface area contributed by atoms with Crippen LogP contribution < -0.4 is 15.0 Å². The molecule has 0 spiro atoms. The normalized spacial score (nSPS) is 17.5. The molecule has 7 rings (SSSR count). The number of aromatic nitrogens is 1. The minimum absolute atomic E-state index is 0.227. The summed E-state index contributed by atoms with van der Waals surface area (Å²) in [5.41, 5.74) is 4.81. The van der Waals surface area contributed by atoms with Gasteiger partial charge in [0.25, 0.3) is 11.8 Å². The molecule has 0 saturated carbocycles. The molecule has 1 saturated heterocycles. The van der Waals surface area contributed by atoms with Crippen LogP contribution in [0.2, 0.25) is 0 Å². The van der Waals surface area contributed by atoms with Crippen LogP contribution in [0, 0.1) is 5.82 Å². The van der Waals surface area contributed by atoms with Gasteiger partial charge in [0, 0.05) is 29.6 Å². The number of hydrogen-bond donors (Lipinski definition) is 2. The summed E-state index contributed by atoms with van der Waals surface area (Å²) in [5.74, 6) is -0.428. The lowest BCUT2D eigenvalue weighted by molar-refractivity contribution is -0.120. The van der Waals surface area contributed by atoms with E-state index in [0.717, 1.165) is 38.4 Å². The number of imide groups is 1. The Labute approximate surface area is 253 Å². The van der Waals surface area contributed by atoms with Gasteiger partial charge in [-0.25, -0.2) is 14.1 Å². The lowest BCUT2D eigenvalue weighted by Gasteiger charge is -2.36. The first-order valence-corrected chi connectivity index (χ1v) is 14.5. The van der Waals surface area contributed by atoms with Crippen LogP contribution in [0.3, 0.4) is 0 Å². The van der Waals surface area contributed by atoms with Gasteiger partial charge >= 0.3 is 6.03 Å². The second kappa shape index (κ2) is 11.0. The van der Waals surface area contributed by atoms with Gasteiger partial charge in [-0.15, -0.1) is 0 Å². The van der Waals surface area contributed by atoms with Gasteiger partial charge in [0.15, 0.2) is 0 Å². The van der Waals surface area contributed by atoms with Crippen molar-refractivity contribution in [1.29, 1.82) is 0 Å². The molecule has 4 aromatic carbocycles. The predicted molar refractivity (Wildman–Crippen MR) is 164 cm³/mol. The zero-order chi connectivity index (χ0) is 30.4. The van der Waals surface area contributed by atoms with Crippen LogP contribution in [0.4, 0.5) is 14.9 Å². The van der Waals surface area contributed by atoms with Gasteiger partial charge in [0.2, 0.25) is 0 Å². The van der Waals surface area contributed by atoms with E-state index < -0.39 is 29.8 Å². The Bertz CT molecular complexity index is 1900. The Morgan fingerprint density at radius 3 is 2.45 bits per heavy atom. The number of hydrogen-bond acceptors (Lipinski definition) is 4. The van der Waals surface area contributed by atoms with Gasteiger partial charge in [-0.2, -0.15) is 0 Å². The first-order valence-electron chi connectivity index (χ1n) is 14.5. The Hall–Kier alpha value is -5.44. The molecule has 220 valence electrons. The Kier molecular flexibility index (Phi) is 6.85. The van der Waals surface area contributed by atoms with Gasteiger partial charge < -0.3 is 15.0 Å². The zero-order valence-electron chi connectivity index (χ0n) is 23.9. The highest BCUT2D eigenvalue weighted by Crippen LogP contribution is 2.45. The standard InChI is InChI=1S/C35H29FN4O4/c1-44-24-16-10-21(11-17-24)18-19-37-33(41)26-7-3-5-9-29(26)40-34(42)30-20-27-25-6-2-4-8-28(25)38-31(27)32(39(30)35(40)43)22-12-14-23(36)15-13-22/h2-17,30,32,38H,18-20H2,1H3,(H,37,41)/t30-,32?/m0/s1. The van der Waals surface area contributed by atoms with Crippen molar-refractivity contribution >= 4 is 34.4 Å². The molecule has 2 aliphatic rings. The maximum absolute atomic E-state index is 14.3. The van der Waals surface area contributed by atoms with E-state index in [1.807, 2.05) is 48.5 Å². The van der Waals surface area contributed by atoms with Crippen molar-refractivity contribution in [3.63, 3.8) is 0 Å². The Morgan fingerprint density at radius 2 is 1.68 bits per heavy atom. The number of carbonyl (C=O) groups is 3. The molecule has 0 radical (unpaired) electrons. The fraction of sp³-hybridized carbons (Fsp3) is 0.171. The number of rotatable bonds is 7. The van der Waals surface area contributed by atoms with E-state index in [0.29, 0.717) is 24.9 Å². The first-order chi connectivity index (χ1) is 21.4. The van der Waals surface area contributed by atoms with Crippen molar-refractivity contribution in [3.8, 4) is 5.75 Å². The molecular weight excluding hydrogens is 559 g/mol. The number of para-hydroxylation sites is 2. The predicted octanol–water partition coefficient (Wildman–Crippen LogP) is 5.77. The number of halogens is 1. The number of methoxy groups -OCH3 is 1. The van der Waals surface area contributed by atoms with E-state index in [-0.39, 0.29) is 17.2 Å². The second-order valence-corrected chi connectivity index (χ2v) is 11.0. The molecule has 8 nitrogen and oxygen atoms in total. The average molecular weight is 589 g/mol. The van der Waals surface area contributed by atoms with Gasteiger partial charge in [-0.3, -0.25) is 14.5 Å². The van der Waals surface area contributed by atoms with E-state index in [9.17, 15) is 18.8 Å². The summed E-state index contributed by atoms with van der Waals surface area (Å²) in [6.07, 6.45) is 0.911. The number of nitrogens with one attached hydrogen (secondary N) is 2. The van der Waals surface area contributed by atoms with E-state index in [4.69, 9.17) is 4.74 Å². The summed E-state index contributed by atoms with van der Waals surface area (Å²) < 4.78 is 19.2. The van der Waals surface area contributed by atoms with Crippen LogP contribution in [-0.4, -0.2) is 47.4 Å². The number of fused-ring (bicyclic) bond motifs is 4. The van der Waals surface area contributed by atoms with Crippen LogP contribution in [0.25, 0.3) is 10.9 Å². The third-order valence-corrected chi connectivity index (χ3v) is 8.48. The third kappa shape index (κ3) is 4.57. The average Bonchev–Trinajstić information content (AvgIpc) is 3.54.